The Morgan fingerprint density at radius 2 is 1.29 bits per heavy atom. The standard InChI is InChI=1S/C25H17NOS/c1-3-9-18(10-4-1)23-24(19-11-5-2-6-12-19)28-25(26-23)21-14-7-13-20(17-21)22-15-8-16-27-22/h1-17H. The maximum atomic E-state index is 5.56. The summed E-state index contributed by atoms with van der Waals surface area (Å²) >= 11 is 1.72. The lowest BCUT2D eigenvalue weighted by molar-refractivity contribution is 0.582. The predicted molar refractivity (Wildman–Crippen MR) is 116 cm³/mol. The summed E-state index contributed by atoms with van der Waals surface area (Å²) < 4.78 is 5.56. The van der Waals surface area contributed by atoms with E-state index in [9.17, 15) is 0 Å². The molecule has 2 nitrogen and oxygen atoms in total. The molecule has 0 atom stereocenters. The van der Waals surface area contributed by atoms with Crippen molar-refractivity contribution in [3.05, 3.63) is 103 Å². The Kier molecular flexibility index (Phi) is 4.36. The van der Waals surface area contributed by atoms with Crippen LogP contribution in [0.4, 0.5) is 0 Å². The second-order valence-corrected chi connectivity index (χ2v) is 7.49. The molecule has 0 aliphatic heterocycles. The van der Waals surface area contributed by atoms with Crippen molar-refractivity contribution in [2.75, 3.05) is 0 Å². The fourth-order valence-electron chi connectivity index (χ4n) is 3.27. The Labute approximate surface area is 167 Å². The first-order valence-corrected chi connectivity index (χ1v) is 9.96. The lowest BCUT2D eigenvalue weighted by atomic mass is 10.1. The molecule has 5 rings (SSSR count). The summed E-state index contributed by atoms with van der Waals surface area (Å²) in [6, 6.07) is 33.1. The van der Waals surface area contributed by atoms with Gasteiger partial charge in [0.25, 0.3) is 0 Å². The van der Waals surface area contributed by atoms with Crippen molar-refractivity contribution < 1.29 is 4.42 Å². The number of thiazole rings is 1. The van der Waals surface area contributed by atoms with Gasteiger partial charge in [-0.3, -0.25) is 0 Å². The van der Waals surface area contributed by atoms with Crippen LogP contribution >= 0.6 is 11.3 Å². The second-order valence-electron chi connectivity index (χ2n) is 6.49. The number of hydrogen-bond donors (Lipinski definition) is 0. The van der Waals surface area contributed by atoms with E-state index in [1.165, 1.54) is 10.4 Å². The van der Waals surface area contributed by atoms with Gasteiger partial charge in [-0.25, -0.2) is 4.98 Å². The van der Waals surface area contributed by atoms with Gasteiger partial charge < -0.3 is 4.42 Å². The van der Waals surface area contributed by atoms with Gasteiger partial charge in [0.05, 0.1) is 16.8 Å². The van der Waals surface area contributed by atoms with Crippen molar-refractivity contribution in [2.45, 2.75) is 0 Å². The minimum Gasteiger partial charge on any atom is -0.464 e. The zero-order valence-electron chi connectivity index (χ0n) is 15.1. The quantitative estimate of drug-likeness (QED) is 0.325. The summed E-state index contributed by atoms with van der Waals surface area (Å²) in [7, 11) is 0. The number of rotatable bonds is 4. The molecule has 0 saturated carbocycles. The van der Waals surface area contributed by atoms with E-state index in [1.54, 1.807) is 17.6 Å². The van der Waals surface area contributed by atoms with E-state index in [4.69, 9.17) is 9.40 Å². The molecule has 28 heavy (non-hydrogen) atoms. The monoisotopic (exact) mass is 379 g/mol. The first-order chi connectivity index (χ1) is 13.9. The maximum absolute atomic E-state index is 5.56. The molecule has 0 radical (unpaired) electrons. The number of benzene rings is 3. The number of aromatic nitrogens is 1. The van der Waals surface area contributed by atoms with E-state index in [1.807, 2.05) is 24.3 Å². The van der Waals surface area contributed by atoms with E-state index >= 15 is 0 Å². The molecule has 0 bridgehead atoms. The highest BCUT2D eigenvalue weighted by Crippen LogP contribution is 2.41. The minimum atomic E-state index is 0.866. The summed E-state index contributed by atoms with van der Waals surface area (Å²) in [4.78, 5) is 6.22. The summed E-state index contributed by atoms with van der Waals surface area (Å²) in [6.07, 6.45) is 1.70. The number of hydrogen-bond acceptors (Lipinski definition) is 3. The van der Waals surface area contributed by atoms with E-state index < -0.39 is 0 Å². The van der Waals surface area contributed by atoms with Crippen LogP contribution < -0.4 is 0 Å². The fourth-order valence-corrected chi connectivity index (χ4v) is 4.36. The van der Waals surface area contributed by atoms with Crippen molar-refractivity contribution in [3.8, 4) is 43.6 Å². The molecule has 2 aromatic heterocycles. The van der Waals surface area contributed by atoms with Gasteiger partial charge in [0.1, 0.15) is 10.8 Å². The summed E-state index contributed by atoms with van der Waals surface area (Å²) in [5.41, 5.74) is 5.49. The van der Waals surface area contributed by atoms with E-state index in [2.05, 4.69) is 72.8 Å². The van der Waals surface area contributed by atoms with Gasteiger partial charge in [0.2, 0.25) is 0 Å². The number of furan rings is 1. The van der Waals surface area contributed by atoms with Gasteiger partial charge in [-0.15, -0.1) is 11.3 Å². The van der Waals surface area contributed by atoms with Crippen LogP contribution in [0.2, 0.25) is 0 Å². The molecule has 3 heteroatoms. The van der Waals surface area contributed by atoms with Gasteiger partial charge in [-0.1, -0.05) is 78.9 Å². The van der Waals surface area contributed by atoms with Gasteiger partial charge in [0.15, 0.2) is 0 Å². The van der Waals surface area contributed by atoms with Crippen molar-refractivity contribution in [1.82, 2.24) is 4.98 Å². The largest absolute Gasteiger partial charge is 0.464 e. The average Bonchev–Trinajstić information content (AvgIpc) is 3.46. The van der Waals surface area contributed by atoms with Crippen LogP contribution in [0.3, 0.4) is 0 Å². The Balaban J connectivity index is 1.66. The van der Waals surface area contributed by atoms with E-state index in [0.29, 0.717) is 0 Å². The average molecular weight is 379 g/mol. The molecule has 0 N–H and O–H groups in total. The molecule has 0 unspecified atom stereocenters. The van der Waals surface area contributed by atoms with Crippen molar-refractivity contribution >= 4 is 11.3 Å². The van der Waals surface area contributed by atoms with E-state index in [0.717, 1.165) is 33.2 Å². The molecule has 0 fully saturated rings. The molecule has 5 aromatic rings. The molecular formula is C25H17NOS. The Hall–Kier alpha value is -3.43. The molecule has 2 heterocycles. The van der Waals surface area contributed by atoms with Gasteiger partial charge in [0, 0.05) is 16.7 Å². The summed E-state index contributed by atoms with van der Waals surface area (Å²) in [6.45, 7) is 0. The lowest BCUT2D eigenvalue weighted by Gasteiger charge is -2.02. The second kappa shape index (κ2) is 7.29. The highest BCUT2D eigenvalue weighted by Gasteiger charge is 2.16. The predicted octanol–water partition coefficient (Wildman–Crippen LogP) is 7.40. The molecule has 0 aliphatic rings. The first-order valence-electron chi connectivity index (χ1n) is 9.14. The third-order valence-electron chi connectivity index (χ3n) is 4.63. The smallest absolute Gasteiger partial charge is 0.133 e. The normalized spacial score (nSPS) is 10.9. The van der Waals surface area contributed by atoms with Crippen LogP contribution in [0.1, 0.15) is 0 Å². The molecule has 0 saturated heterocycles. The molecule has 134 valence electrons. The van der Waals surface area contributed by atoms with Gasteiger partial charge in [-0.05, 0) is 23.8 Å². The zero-order valence-corrected chi connectivity index (χ0v) is 15.9. The van der Waals surface area contributed by atoms with E-state index in [-0.39, 0.29) is 0 Å². The highest BCUT2D eigenvalue weighted by molar-refractivity contribution is 7.19. The first kappa shape index (κ1) is 16.7. The SMILES string of the molecule is c1ccc(-c2nc(-c3cccc(-c4ccco4)c3)sc2-c2ccccc2)cc1. The number of nitrogens with zero attached hydrogens (tertiary/aromatic N) is 1. The van der Waals surface area contributed by atoms with Crippen LogP contribution in [0.25, 0.3) is 43.6 Å². The molecule has 0 amide bonds. The van der Waals surface area contributed by atoms with Crippen LogP contribution in [0, 0.1) is 0 Å². The summed E-state index contributed by atoms with van der Waals surface area (Å²) in [5.74, 6) is 0.866. The lowest BCUT2D eigenvalue weighted by Crippen LogP contribution is -1.82. The Morgan fingerprint density at radius 3 is 2.00 bits per heavy atom. The van der Waals surface area contributed by atoms with Gasteiger partial charge >= 0.3 is 0 Å². The Morgan fingerprint density at radius 1 is 0.607 bits per heavy atom. The van der Waals surface area contributed by atoms with Crippen LogP contribution in [0.5, 0.6) is 0 Å². The Bertz CT molecular complexity index is 1140. The molecule has 3 aromatic carbocycles. The third-order valence-corrected chi connectivity index (χ3v) is 5.78. The van der Waals surface area contributed by atoms with Crippen molar-refractivity contribution in [1.29, 1.82) is 0 Å². The molecule has 0 aliphatic carbocycles. The summed E-state index contributed by atoms with van der Waals surface area (Å²) in [5, 5.41) is 1.01. The molecular weight excluding hydrogens is 362 g/mol. The fraction of sp³-hybridized carbons (Fsp3) is 0. The maximum Gasteiger partial charge on any atom is 0.133 e. The minimum absolute atomic E-state index is 0.866. The van der Waals surface area contributed by atoms with Crippen LogP contribution in [-0.4, -0.2) is 4.98 Å². The van der Waals surface area contributed by atoms with Gasteiger partial charge in [-0.2, -0.15) is 0 Å². The zero-order chi connectivity index (χ0) is 18.8. The topological polar surface area (TPSA) is 26.0 Å². The third kappa shape index (κ3) is 3.17. The molecule has 0 spiro atoms. The van der Waals surface area contributed by atoms with Crippen LogP contribution in [0.15, 0.2) is 108 Å². The van der Waals surface area contributed by atoms with Crippen molar-refractivity contribution in [2.24, 2.45) is 0 Å². The van der Waals surface area contributed by atoms with Crippen molar-refractivity contribution in [3.63, 3.8) is 0 Å². The van der Waals surface area contributed by atoms with Crippen LogP contribution in [-0.2, 0) is 0 Å². The highest BCUT2D eigenvalue weighted by atomic mass is 32.1.